The Morgan fingerprint density at radius 1 is 1.21 bits per heavy atom. The van der Waals surface area contributed by atoms with Gasteiger partial charge in [-0.3, -0.25) is 4.98 Å². The van der Waals surface area contributed by atoms with Gasteiger partial charge in [-0.25, -0.2) is 4.79 Å². The normalized spacial score (nSPS) is 9.95. The maximum absolute atomic E-state index is 11.7. The molecule has 1 aromatic carbocycles. The quantitative estimate of drug-likeness (QED) is 0.882. The Balaban J connectivity index is 1.76. The summed E-state index contributed by atoms with van der Waals surface area (Å²) in [4.78, 5) is 15.9. The van der Waals surface area contributed by atoms with E-state index in [9.17, 15) is 4.79 Å². The molecule has 19 heavy (non-hydrogen) atoms. The summed E-state index contributed by atoms with van der Waals surface area (Å²) < 4.78 is 0. The van der Waals surface area contributed by atoms with Crippen LogP contribution in [0.4, 0.5) is 10.5 Å². The first-order valence-electron chi connectivity index (χ1n) is 6.25. The van der Waals surface area contributed by atoms with Gasteiger partial charge in [0.15, 0.2) is 0 Å². The van der Waals surface area contributed by atoms with Gasteiger partial charge in [-0.2, -0.15) is 0 Å². The fourth-order valence-electron chi connectivity index (χ4n) is 1.75. The molecule has 2 rings (SSSR count). The van der Waals surface area contributed by atoms with Crippen LogP contribution in [0.2, 0.25) is 0 Å². The summed E-state index contributed by atoms with van der Waals surface area (Å²) in [7, 11) is 0. The number of amides is 2. The lowest BCUT2D eigenvalue weighted by Crippen LogP contribution is -2.30. The van der Waals surface area contributed by atoms with Crippen LogP contribution in [0.25, 0.3) is 0 Å². The van der Waals surface area contributed by atoms with E-state index in [1.54, 1.807) is 6.20 Å². The van der Waals surface area contributed by atoms with Crippen molar-refractivity contribution in [3.63, 3.8) is 0 Å². The van der Waals surface area contributed by atoms with E-state index in [4.69, 9.17) is 0 Å². The molecule has 0 unspecified atom stereocenters. The van der Waals surface area contributed by atoms with Crippen molar-refractivity contribution in [1.29, 1.82) is 0 Å². The average Bonchev–Trinajstić information content (AvgIpc) is 2.40. The summed E-state index contributed by atoms with van der Waals surface area (Å²) in [6, 6.07) is 13.3. The second-order valence-electron chi connectivity index (χ2n) is 4.32. The largest absolute Gasteiger partial charge is 0.337 e. The number of rotatable bonds is 4. The SMILES string of the molecule is Cc1cccc(NC(=O)NCCc2ccccn2)c1. The smallest absolute Gasteiger partial charge is 0.319 e. The van der Waals surface area contributed by atoms with Crippen molar-refractivity contribution in [3.8, 4) is 0 Å². The molecule has 1 heterocycles. The second kappa shape index (κ2) is 6.54. The Morgan fingerprint density at radius 3 is 2.84 bits per heavy atom. The zero-order valence-corrected chi connectivity index (χ0v) is 10.9. The Kier molecular flexibility index (Phi) is 4.50. The minimum absolute atomic E-state index is 0.193. The first kappa shape index (κ1) is 13.1. The number of aryl methyl sites for hydroxylation is 1. The summed E-state index contributed by atoms with van der Waals surface area (Å²) in [6.45, 7) is 2.55. The van der Waals surface area contributed by atoms with Gasteiger partial charge in [-0.1, -0.05) is 18.2 Å². The summed E-state index contributed by atoms with van der Waals surface area (Å²) in [5.41, 5.74) is 2.89. The van der Waals surface area contributed by atoms with E-state index in [-0.39, 0.29) is 6.03 Å². The number of nitrogens with zero attached hydrogens (tertiary/aromatic N) is 1. The maximum atomic E-state index is 11.7. The third-order valence-corrected chi connectivity index (χ3v) is 2.67. The lowest BCUT2D eigenvalue weighted by Gasteiger charge is -2.07. The summed E-state index contributed by atoms with van der Waals surface area (Å²) in [6.07, 6.45) is 2.48. The molecule has 2 aromatic rings. The molecule has 2 amide bonds. The zero-order chi connectivity index (χ0) is 13.5. The topological polar surface area (TPSA) is 54.0 Å². The predicted molar refractivity (Wildman–Crippen MR) is 76.1 cm³/mol. The first-order valence-corrected chi connectivity index (χ1v) is 6.25. The molecule has 0 radical (unpaired) electrons. The molecule has 98 valence electrons. The molecule has 0 aliphatic rings. The minimum atomic E-state index is -0.193. The van der Waals surface area contributed by atoms with E-state index < -0.39 is 0 Å². The van der Waals surface area contributed by atoms with Crippen molar-refractivity contribution in [2.75, 3.05) is 11.9 Å². The van der Waals surface area contributed by atoms with Crippen LogP contribution in [0.5, 0.6) is 0 Å². The van der Waals surface area contributed by atoms with Crippen LogP contribution in [0.3, 0.4) is 0 Å². The van der Waals surface area contributed by atoms with E-state index in [1.807, 2.05) is 49.4 Å². The lowest BCUT2D eigenvalue weighted by molar-refractivity contribution is 0.252. The fraction of sp³-hybridized carbons (Fsp3) is 0.200. The molecule has 0 fully saturated rings. The number of carbonyl (C=O) groups excluding carboxylic acids is 1. The molecule has 0 bridgehead atoms. The number of hydrogen-bond donors (Lipinski definition) is 2. The number of carbonyl (C=O) groups is 1. The minimum Gasteiger partial charge on any atom is -0.337 e. The molecule has 0 aliphatic heterocycles. The highest BCUT2D eigenvalue weighted by Gasteiger charge is 2.01. The fourth-order valence-corrected chi connectivity index (χ4v) is 1.75. The predicted octanol–water partition coefficient (Wildman–Crippen LogP) is 2.75. The average molecular weight is 255 g/mol. The third kappa shape index (κ3) is 4.43. The summed E-state index contributed by atoms with van der Waals surface area (Å²) in [5, 5.41) is 5.61. The Hall–Kier alpha value is -2.36. The number of pyridine rings is 1. The molecule has 1 aromatic heterocycles. The molecule has 0 saturated carbocycles. The summed E-state index contributed by atoms with van der Waals surface area (Å²) >= 11 is 0. The Morgan fingerprint density at radius 2 is 2.11 bits per heavy atom. The molecule has 2 N–H and O–H groups in total. The molecule has 4 nitrogen and oxygen atoms in total. The van der Waals surface area contributed by atoms with E-state index >= 15 is 0 Å². The highest BCUT2D eigenvalue weighted by atomic mass is 16.2. The van der Waals surface area contributed by atoms with Crippen molar-refractivity contribution in [2.45, 2.75) is 13.3 Å². The van der Waals surface area contributed by atoms with Crippen LogP contribution in [-0.4, -0.2) is 17.6 Å². The van der Waals surface area contributed by atoms with Crippen LogP contribution >= 0.6 is 0 Å². The van der Waals surface area contributed by atoms with Gasteiger partial charge in [0, 0.05) is 30.5 Å². The molecule has 0 atom stereocenters. The monoisotopic (exact) mass is 255 g/mol. The molecule has 0 aliphatic carbocycles. The molecular formula is C15H17N3O. The van der Waals surface area contributed by atoms with Crippen molar-refractivity contribution >= 4 is 11.7 Å². The summed E-state index contributed by atoms with van der Waals surface area (Å²) in [5.74, 6) is 0. The molecule has 4 heteroatoms. The van der Waals surface area contributed by atoms with Crippen molar-refractivity contribution < 1.29 is 4.79 Å². The van der Waals surface area contributed by atoms with Crippen molar-refractivity contribution in [2.24, 2.45) is 0 Å². The molecular weight excluding hydrogens is 238 g/mol. The lowest BCUT2D eigenvalue weighted by atomic mass is 10.2. The van der Waals surface area contributed by atoms with Gasteiger partial charge in [0.2, 0.25) is 0 Å². The van der Waals surface area contributed by atoms with Crippen LogP contribution in [0.15, 0.2) is 48.7 Å². The highest BCUT2D eigenvalue weighted by Crippen LogP contribution is 2.08. The molecule has 0 spiro atoms. The third-order valence-electron chi connectivity index (χ3n) is 2.67. The van der Waals surface area contributed by atoms with Gasteiger partial charge < -0.3 is 10.6 Å². The zero-order valence-electron chi connectivity index (χ0n) is 10.9. The van der Waals surface area contributed by atoms with Gasteiger partial charge in [-0.15, -0.1) is 0 Å². The van der Waals surface area contributed by atoms with Crippen LogP contribution < -0.4 is 10.6 Å². The Labute approximate surface area is 112 Å². The number of urea groups is 1. The van der Waals surface area contributed by atoms with Crippen LogP contribution in [0.1, 0.15) is 11.3 Å². The van der Waals surface area contributed by atoms with E-state index in [0.29, 0.717) is 6.54 Å². The Bertz CT molecular complexity index is 540. The first-order chi connectivity index (χ1) is 9.24. The van der Waals surface area contributed by atoms with Gasteiger partial charge in [0.05, 0.1) is 0 Å². The number of benzene rings is 1. The second-order valence-corrected chi connectivity index (χ2v) is 4.32. The number of nitrogens with one attached hydrogen (secondary N) is 2. The van der Waals surface area contributed by atoms with Gasteiger partial charge in [-0.05, 0) is 36.8 Å². The number of aromatic nitrogens is 1. The van der Waals surface area contributed by atoms with Crippen LogP contribution in [0, 0.1) is 6.92 Å². The standard InChI is InChI=1S/C15H17N3O/c1-12-5-4-7-14(11-12)18-15(19)17-10-8-13-6-2-3-9-16-13/h2-7,9,11H,8,10H2,1H3,(H2,17,18,19). The van der Waals surface area contributed by atoms with E-state index in [2.05, 4.69) is 15.6 Å². The molecule has 0 saturated heterocycles. The van der Waals surface area contributed by atoms with E-state index in [1.165, 1.54) is 0 Å². The number of anilines is 1. The van der Waals surface area contributed by atoms with Gasteiger partial charge in [0.1, 0.15) is 0 Å². The van der Waals surface area contributed by atoms with Crippen molar-refractivity contribution in [1.82, 2.24) is 10.3 Å². The van der Waals surface area contributed by atoms with Crippen molar-refractivity contribution in [3.05, 3.63) is 59.9 Å². The van der Waals surface area contributed by atoms with Crippen LogP contribution in [-0.2, 0) is 6.42 Å². The van der Waals surface area contributed by atoms with Gasteiger partial charge >= 0.3 is 6.03 Å². The van der Waals surface area contributed by atoms with E-state index in [0.717, 1.165) is 23.4 Å². The number of hydrogen-bond acceptors (Lipinski definition) is 2. The maximum Gasteiger partial charge on any atom is 0.319 e. The van der Waals surface area contributed by atoms with Gasteiger partial charge in [0.25, 0.3) is 0 Å². The highest BCUT2D eigenvalue weighted by molar-refractivity contribution is 5.89.